The zero-order chi connectivity index (χ0) is 21.0. The molecule has 0 fully saturated rings. The number of furan rings is 1. The number of aliphatic hydroxyl groups excluding tert-OH is 1. The summed E-state index contributed by atoms with van der Waals surface area (Å²) in [6.07, 6.45) is 3.01. The number of ketones is 1. The first-order valence-corrected chi connectivity index (χ1v) is 9.24. The van der Waals surface area contributed by atoms with Crippen LogP contribution in [-0.2, 0) is 4.79 Å². The van der Waals surface area contributed by atoms with Crippen molar-refractivity contribution in [1.29, 1.82) is 0 Å². The summed E-state index contributed by atoms with van der Waals surface area (Å²) in [5.74, 6) is -0.996. The normalized spacial score (nSPS) is 16.6. The molecule has 1 aliphatic rings. The molecular weight excluding hydrogens is 372 g/mol. The molecule has 1 N–H and O–H groups in total. The summed E-state index contributed by atoms with van der Waals surface area (Å²) in [6, 6.07) is 9.49. The van der Waals surface area contributed by atoms with Gasteiger partial charge in [-0.1, -0.05) is 24.8 Å². The van der Waals surface area contributed by atoms with Gasteiger partial charge in [-0.05, 0) is 43.9 Å². The Morgan fingerprint density at radius 1 is 1.34 bits per heavy atom. The van der Waals surface area contributed by atoms with Gasteiger partial charge in [0.2, 0.25) is 5.78 Å². The molecule has 1 aliphatic heterocycles. The molecule has 29 heavy (non-hydrogen) atoms. The lowest BCUT2D eigenvalue weighted by atomic mass is 9.95. The third kappa shape index (κ3) is 4.25. The molecular formula is C22H24N2O5. The number of ether oxygens (including phenoxy) is 1. The summed E-state index contributed by atoms with van der Waals surface area (Å²) in [4.78, 5) is 29.3. The highest BCUT2D eigenvalue weighted by Crippen LogP contribution is 2.39. The summed E-state index contributed by atoms with van der Waals surface area (Å²) in [5.41, 5.74) is 0.669. The van der Waals surface area contributed by atoms with E-state index in [4.69, 9.17) is 9.15 Å². The maximum atomic E-state index is 13.0. The fourth-order valence-electron chi connectivity index (χ4n) is 3.24. The standard InChI is InChI=1S/C22H24N2O5/c1-4-12-28-16-8-5-7-15(14-16)19-18(20(25)17-9-6-13-29-17)21(26)22(27)24(19)11-10-23(2)3/h4-9,13-14,19,26H,1,10-12H2,2-3H3/t19-/m1/s1. The molecule has 1 atom stereocenters. The van der Waals surface area contributed by atoms with E-state index in [1.807, 2.05) is 19.0 Å². The molecule has 0 bridgehead atoms. The number of hydrogen-bond acceptors (Lipinski definition) is 6. The van der Waals surface area contributed by atoms with Crippen LogP contribution in [0.2, 0.25) is 0 Å². The van der Waals surface area contributed by atoms with Gasteiger partial charge in [0.15, 0.2) is 11.5 Å². The van der Waals surface area contributed by atoms with Gasteiger partial charge in [0.1, 0.15) is 12.4 Å². The molecule has 2 aromatic rings. The first-order chi connectivity index (χ1) is 13.9. The topological polar surface area (TPSA) is 83.2 Å². The van der Waals surface area contributed by atoms with Crippen molar-refractivity contribution < 1.29 is 23.8 Å². The molecule has 0 unspecified atom stereocenters. The Bertz CT molecular complexity index is 930. The van der Waals surface area contributed by atoms with Crippen molar-refractivity contribution in [3.8, 4) is 5.75 Å². The van der Waals surface area contributed by atoms with E-state index in [1.165, 1.54) is 17.2 Å². The Labute approximate surface area is 169 Å². The number of carbonyl (C=O) groups is 2. The average molecular weight is 396 g/mol. The molecule has 0 saturated heterocycles. The predicted molar refractivity (Wildman–Crippen MR) is 108 cm³/mol. The number of nitrogens with zero attached hydrogens (tertiary/aromatic N) is 2. The zero-order valence-corrected chi connectivity index (χ0v) is 16.5. The van der Waals surface area contributed by atoms with Gasteiger partial charge in [0.05, 0.1) is 17.9 Å². The minimum Gasteiger partial charge on any atom is -0.503 e. The Kier molecular flexibility index (Phi) is 6.19. The number of hydrogen-bond donors (Lipinski definition) is 1. The summed E-state index contributed by atoms with van der Waals surface area (Å²) < 4.78 is 10.8. The van der Waals surface area contributed by atoms with Gasteiger partial charge in [0.25, 0.3) is 5.91 Å². The number of carbonyl (C=O) groups excluding carboxylic acids is 2. The molecule has 1 aromatic carbocycles. The van der Waals surface area contributed by atoms with E-state index in [9.17, 15) is 14.7 Å². The second-order valence-corrected chi connectivity index (χ2v) is 6.95. The summed E-state index contributed by atoms with van der Waals surface area (Å²) in [6.45, 7) is 4.88. The average Bonchev–Trinajstić information content (AvgIpc) is 3.32. The van der Waals surface area contributed by atoms with Gasteiger partial charge in [-0.25, -0.2) is 0 Å². The van der Waals surface area contributed by atoms with Gasteiger partial charge < -0.3 is 24.1 Å². The van der Waals surface area contributed by atoms with Crippen molar-refractivity contribution in [1.82, 2.24) is 9.80 Å². The maximum absolute atomic E-state index is 13.0. The van der Waals surface area contributed by atoms with Crippen LogP contribution in [0.5, 0.6) is 5.75 Å². The lowest BCUT2D eigenvalue weighted by Crippen LogP contribution is -2.36. The van der Waals surface area contributed by atoms with E-state index in [0.717, 1.165) is 0 Å². The lowest BCUT2D eigenvalue weighted by Gasteiger charge is -2.28. The number of amides is 1. The molecule has 7 heteroatoms. The van der Waals surface area contributed by atoms with Crippen molar-refractivity contribution in [3.05, 3.63) is 78.0 Å². The summed E-state index contributed by atoms with van der Waals surface area (Å²) >= 11 is 0. The first-order valence-electron chi connectivity index (χ1n) is 9.24. The lowest BCUT2D eigenvalue weighted by molar-refractivity contribution is -0.129. The number of Topliss-reactive ketones (excluding diaryl/α,β-unsaturated/α-hetero) is 1. The van der Waals surface area contributed by atoms with Crippen molar-refractivity contribution in [2.45, 2.75) is 6.04 Å². The molecule has 152 valence electrons. The van der Waals surface area contributed by atoms with Gasteiger partial charge in [-0.3, -0.25) is 9.59 Å². The third-order valence-corrected chi connectivity index (χ3v) is 4.62. The molecule has 0 radical (unpaired) electrons. The van der Waals surface area contributed by atoms with Crippen LogP contribution in [0.1, 0.15) is 22.2 Å². The molecule has 0 saturated carbocycles. The molecule has 7 nitrogen and oxygen atoms in total. The monoisotopic (exact) mass is 396 g/mol. The fourth-order valence-corrected chi connectivity index (χ4v) is 3.24. The van der Waals surface area contributed by atoms with Crippen LogP contribution < -0.4 is 4.74 Å². The first kappa shape index (κ1) is 20.4. The molecule has 1 amide bonds. The van der Waals surface area contributed by atoms with Crippen LogP contribution in [0, 0.1) is 0 Å². The van der Waals surface area contributed by atoms with E-state index in [1.54, 1.807) is 36.4 Å². The molecule has 2 heterocycles. The predicted octanol–water partition coefficient (Wildman–Crippen LogP) is 2.98. The second-order valence-electron chi connectivity index (χ2n) is 6.95. The number of benzene rings is 1. The van der Waals surface area contributed by atoms with Crippen LogP contribution in [0.3, 0.4) is 0 Å². The van der Waals surface area contributed by atoms with Crippen molar-refractivity contribution in [2.24, 2.45) is 0 Å². The van der Waals surface area contributed by atoms with E-state index < -0.39 is 23.5 Å². The number of aliphatic hydroxyl groups is 1. The van der Waals surface area contributed by atoms with Crippen LogP contribution in [0.25, 0.3) is 0 Å². The van der Waals surface area contributed by atoms with Gasteiger partial charge >= 0.3 is 0 Å². The second kappa shape index (κ2) is 8.79. The Balaban J connectivity index is 2.04. The van der Waals surface area contributed by atoms with Crippen molar-refractivity contribution in [3.63, 3.8) is 0 Å². The highest BCUT2D eigenvalue weighted by molar-refractivity contribution is 6.15. The fraction of sp³-hybridized carbons (Fsp3) is 0.273. The smallest absolute Gasteiger partial charge is 0.290 e. The van der Waals surface area contributed by atoms with E-state index in [-0.39, 0.29) is 11.3 Å². The van der Waals surface area contributed by atoms with Crippen molar-refractivity contribution >= 4 is 11.7 Å². The van der Waals surface area contributed by atoms with Gasteiger partial charge in [0, 0.05) is 13.1 Å². The number of likely N-dealkylation sites (N-methyl/N-ethyl adjacent to an activating group) is 1. The van der Waals surface area contributed by atoms with Crippen LogP contribution in [0.4, 0.5) is 0 Å². The van der Waals surface area contributed by atoms with E-state index in [0.29, 0.717) is 31.0 Å². The largest absolute Gasteiger partial charge is 0.503 e. The molecule has 0 spiro atoms. The van der Waals surface area contributed by atoms with Gasteiger partial charge in [-0.2, -0.15) is 0 Å². The molecule has 1 aromatic heterocycles. The van der Waals surface area contributed by atoms with Crippen LogP contribution in [0.15, 0.2) is 71.1 Å². The quantitative estimate of drug-likeness (QED) is 0.518. The molecule has 0 aliphatic carbocycles. The minimum atomic E-state index is -0.743. The third-order valence-electron chi connectivity index (χ3n) is 4.62. The van der Waals surface area contributed by atoms with E-state index >= 15 is 0 Å². The van der Waals surface area contributed by atoms with Crippen LogP contribution in [-0.4, -0.2) is 60.4 Å². The van der Waals surface area contributed by atoms with Crippen LogP contribution >= 0.6 is 0 Å². The highest BCUT2D eigenvalue weighted by atomic mass is 16.5. The highest BCUT2D eigenvalue weighted by Gasteiger charge is 2.44. The Morgan fingerprint density at radius 2 is 2.14 bits per heavy atom. The SMILES string of the molecule is C=CCOc1cccc([C@@H]2C(C(=O)c3ccco3)=C(O)C(=O)N2CCN(C)C)c1. The molecule has 3 rings (SSSR count). The summed E-state index contributed by atoms with van der Waals surface area (Å²) in [7, 11) is 3.78. The minimum absolute atomic E-state index is 0.00424. The zero-order valence-electron chi connectivity index (χ0n) is 16.5. The van der Waals surface area contributed by atoms with Crippen molar-refractivity contribution in [2.75, 3.05) is 33.8 Å². The van der Waals surface area contributed by atoms with E-state index in [2.05, 4.69) is 6.58 Å². The van der Waals surface area contributed by atoms with Gasteiger partial charge in [-0.15, -0.1) is 0 Å². The number of rotatable bonds is 9. The maximum Gasteiger partial charge on any atom is 0.290 e. The Hall–Kier alpha value is -3.32. The Morgan fingerprint density at radius 3 is 2.79 bits per heavy atom. The summed E-state index contributed by atoms with van der Waals surface area (Å²) in [5, 5.41) is 10.6.